The molecule has 0 amide bonds. The van der Waals surface area contributed by atoms with Gasteiger partial charge in [0.1, 0.15) is 11.9 Å². The number of rotatable bonds is 2. The fourth-order valence-electron chi connectivity index (χ4n) is 2.33. The average Bonchev–Trinajstić information content (AvgIpc) is 3.18. The molecule has 0 aliphatic carbocycles. The Hall–Kier alpha value is -2.54. The molecule has 5 nitrogen and oxygen atoms in total. The number of nitrogens with zero attached hydrogens (tertiary/aromatic N) is 4. The Labute approximate surface area is 123 Å². The molecule has 1 aromatic carbocycles. The Morgan fingerprint density at radius 3 is 2.81 bits per heavy atom. The molecule has 1 N–H and O–H groups in total. The highest BCUT2D eigenvalue weighted by Gasteiger charge is 2.24. The summed E-state index contributed by atoms with van der Waals surface area (Å²) in [5, 5.41) is 16.9. The van der Waals surface area contributed by atoms with E-state index in [2.05, 4.69) is 20.8 Å². The molecule has 3 aromatic rings. The molecule has 0 spiro atoms. The number of allylic oxidation sites excluding steroid dienone is 1. The zero-order valence-electron chi connectivity index (χ0n) is 10.8. The predicted molar refractivity (Wildman–Crippen MR) is 78.3 cm³/mol. The van der Waals surface area contributed by atoms with Crippen LogP contribution in [0.2, 0.25) is 0 Å². The molecular formula is C14H10FN5S. The van der Waals surface area contributed by atoms with Crippen molar-refractivity contribution < 1.29 is 4.39 Å². The van der Waals surface area contributed by atoms with Crippen molar-refractivity contribution in [2.75, 3.05) is 5.32 Å². The minimum absolute atomic E-state index is 0.158. The Bertz CT molecular complexity index is 791. The van der Waals surface area contributed by atoms with Crippen molar-refractivity contribution in [1.82, 2.24) is 20.2 Å². The number of tetrazole rings is 1. The molecule has 1 aliphatic heterocycles. The van der Waals surface area contributed by atoms with E-state index in [0.717, 1.165) is 16.1 Å². The van der Waals surface area contributed by atoms with Crippen molar-refractivity contribution in [3.05, 3.63) is 64.1 Å². The quantitative estimate of drug-likeness (QED) is 0.790. The number of thiophene rings is 1. The van der Waals surface area contributed by atoms with E-state index in [4.69, 9.17) is 0 Å². The van der Waals surface area contributed by atoms with E-state index < -0.39 is 0 Å². The second-order valence-corrected chi connectivity index (χ2v) is 5.57. The summed E-state index contributed by atoms with van der Waals surface area (Å²) in [6.07, 6.45) is 2.04. The molecule has 0 saturated carbocycles. The molecular weight excluding hydrogens is 289 g/mol. The molecule has 21 heavy (non-hydrogen) atoms. The maximum absolute atomic E-state index is 13.1. The summed E-state index contributed by atoms with van der Waals surface area (Å²) < 4.78 is 14.8. The molecule has 0 bridgehead atoms. The summed E-state index contributed by atoms with van der Waals surface area (Å²) in [5.74, 6) is 0.322. The lowest BCUT2D eigenvalue weighted by Crippen LogP contribution is -2.19. The molecule has 104 valence electrons. The Morgan fingerprint density at radius 1 is 1.19 bits per heavy atom. The number of benzene rings is 1. The van der Waals surface area contributed by atoms with Crippen LogP contribution in [0.25, 0.3) is 5.70 Å². The van der Waals surface area contributed by atoms with Crippen LogP contribution in [0.5, 0.6) is 0 Å². The van der Waals surface area contributed by atoms with Gasteiger partial charge >= 0.3 is 0 Å². The number of fused-ring (bicyclic) bond motifs is 1. The first kappa shape index (κ1) is 12.2. The summed E-state index contributed by atoms with van der Waals surface area (Å²) in [7, 11) is 0. The molecule has 4 rings (SSSR count). The lowest BCUT2D eigenvalue weighted by atomic mass is 10.0. The first-order valence-corrected chi connectivity index (χ1v) is 7.25. The van der Waals surface area contributed by atoms with Crippen molar-refractivity contribution in [3.63, 3.8) is 0 Å². The van der Waals surface area contributed by atoms with Gasteiger partial charge in [-0.2, -0.15) is 4.68 Å². The van der Waals surface area contributed by atoms with Gasteiger partial charge in [-0.1, -0.05) is 23.3 Å². The summed E-state index contributed by atoms with van der Waals surface area (Å²) in [4.78, 5) is 1.11. The van der Waals surface area contributed by atoms with Gasteiger partial charge in [0.05, 0.1) is 10.6 Å². The van der Waals surface area contributed by atoms with Crippen molar-refractivity contribution in [2.45, 2.75) is 6.04 Å². The summed E-state index contributed by atoms with van der Waals surface area (Å²) >= 11 is 1.64. The Balaban J connectivity index is 1.82. The van der Waals surface area contributed by atoms with E-state index in [1.165, 1.54) is 12.1 Å². The van der Waals surface area contributed by atoms with Crippen molar-refractivity contribution in [3.8, 4) is 0 Å². The molecule has 0 radical (unpaired) electrons. The highest BCUT2D eigenvalue weighted by atomic mass is 32.1. The van der Waals surface area contributed by atoms with Gasteiger partial charge in [-0.05, 0) is 45.6 Å². The lowest BCUT2D eigenvalue weighted by Gasteiger charge is -2.22. The monoisotopic (exact) mass is 299 g/mol. The minimum atomic E-state index is -0.257. The second kappa shape index (κ2) is 4.78. The first-order chi connectivity index (χ1) is 10.3. The number of hydrogen-bond donors (Lipinski definition) is 1. The maximum Gasteiger partial charge on any atom is 0.248 e. The summed E-state index contributed by atoms with van der Waals surface area (Å²) in [5.41, 5.74) is 1.89. The molecule has 7 heteroatoms. The Morgan fingerprint density at radius 2 is 2.05 bits per heavy atom. The van der Waals surface area contributed by atoms with Crippen LogP contribution in [0.15, 0.2) is 47.9 Å². The fourth-order valence-corrected chi connectivity index (χ4v) is 3.03. The topological polar surface area (TPSA) is 55.6 Å². The maximum atomic E-state index is 13.1. The van der Waals surface area contributed by atoms with Crippen LogP contribution < -0.4 is 5.32 Å². The highest BCUT2D eigenvalue weighted by molar-refractivity contribution is 7.11. The summed E-state index contributed by atoms with van der Waals surface area (Å²) in [6, 6.07) is 10.3. The van der Waals surface area contributed by atoms with Crippen LogP contribution in [-0.2, 0) is 0 Å². The van der Waals surface area contributed by atoms with Crippen LogP contribution in [0.4, 0.5) is 10.3 Å². The van der Waals surface area contributed by atoms with E-state index in [0.29, 0.717) is 5.95 Å². The fraction of sp³-hybridized carbons (Fsp3) is 0.0714. The van der Waals surface area contributed by atoms with Crippen LogP contribution >= 0.6 is 11.3 Å². The van der Waals surface area contributed by atoms with Gasteiger partial charge in [-0.3, -0.25) is 0 Å². The van der Waals surface area contributed by atoms with Crippen molar-refractivity contribution in [2.24, 2.45) is 0 Å². The van der Waals surface area contributed by atoms with E-state index in [9.17, 15) is 4.39 Å². The van der Waals surface area contributed by atoms with Crippen molar-refractivity contribution in [1.29, 1.82) is 0 Å². The lowest BCUT2D eigenvalue weighted by molar-refractivity contribution is 0.582. The number of aromatic nitrogens is 4. The average molecular weight is 299 g/mol. The van der Waals surface area contributed by atoms with E-state index >= 15 is 0 Å². The van der Waals surface area contributed by atoms with Crippen LogP contribution in [0.3, 0.4) is 0 Å². The number of halogens is 1. The van der Waals surface area contributed by atoms with E-state index in [-0.39, 0.29) is 11.9 Å². The smallest absolute Gasteiger partial charge is 0.248 e. The van der Waals surface area contributed by atoms with Crippen molar-refractivity contribution >= 4 is 23.0 Å². The SMILES string of the molecule is Fc1ccc([C@H]2C=C(c3cccs3)Nc3nnnn32)cc1. The normalized spacial score (nSPS) is 17.0. The standard InChI is InChI=1S/C14H10FN5S/c15-10-5-3-9(4-6-10)12-8-11(13-2-1-7-21-13)16-14-17-18-19-20(12)14/h1-8,12H,(H,16,17,19)/t12-/m1/s1. The van der Waals surface area contributed by atoms with E-state index in [1.54, 1.807) is 28.2 Å². The van der Waals surface area contributed by atoms with Gasteiger partial charge in [0.15, 0.2) is 0 Å². The molecule has 3 heterocycles. The third-order valence-electron chi connectivity index (χ3n) is 3.33. The van der Waals surface area contributed by atoms with Gasteiger partial charge in [0.2, 0.25) is 5.95 Å². The van der Waals surface area contributed by atoms with Crippen LogP contribution in [0, 0.1) is 5.82 Å². The molecule has 1 aliphatic rings. The molecule has 0 unspecified atom stereocenters. The third-order valence-corrected chi connectivity index (χ3v) is 4.23. The van der Waals surface area contributed by atoms with Gasteiger partial charge in [-0.15, -0.1) is 11.3 Å². The predicted octanol–water partition coefficient (Wildman–Crippen LogP) is 2.93. The van der Waals surface area contributed by atoms with Gasteiger partial charge in [0.25, 0.3) is 0 Å². The van der Waals surface area contributed by atoms with Gasteiger partial charge in [0, 0.05) is 0 Å². The first-order valence-electron chi connectivity index (χ1n) is 6.37. The number of hydrogen-bond acceptors (Lipinski definition) is 5. The molecule has 1 atom stereocenters. The van der Waals surface area contributed by atoms with Crippen LogP contribution in [0.1, 0.15) is 16.5 Å². The number of nitrogens with one attached hydrogen (secondary N) is 1. The highest BCUT2D eigenvalue weighted by Crippen LogP contribution is 2.32. The molecule has 0 fully saturated rings. The summed E-state index contributed by atoms with van der Waals surface area (Å²) in [6.45, 7) is 0. The number of anilines is 1. The van der Waals surface area contributed by atoms with Gasteiger partial charge in [-0.25, -0.2) is 4.39 Å². The second-order valence-electron chi connectivity index (χ2n) is 4.63. The molecule has 2 aromatic heterocycles. The zero-order chi connectivity index (χ0) is 14.2. The molecule has 0 saturated heterocycles. The largest absolute Gasteiger partial charge is 0.322 e. The third kappa shape index (κ3) is 2.11. The minimum Gasteiger partial charge on any atom is -0.322 e. The Kier molecular flexibility index (Phi) is 2.78. The van der Waals surface area contributed by atoms with Crippen LogP contribution in [-0.4, -0.2) is 20.2 Å². The zero-order valence-corrected chi connectivity index (χ0v) is 11.6. The van der Waals surface area contributed by atoms with Gasteiger partial charge < -0.3 is 5.32 Å². The van der Waals surface area contributed by atoms with E-state index in [1.807, 2.05) is 23.6 Å².